The lowest BCUT2D eigenvalue weighted by Gasteiger charge is -2.27. The van der Waals surface area contributed by atoms with Crippen LogP contribution in [0.15, 0.2) is 0 Å². The number of carboxylic acid groups (broad SMARTS) is 1. The molecule has 0 aromatic rings. The zero-order valence-corrected chi connectivity index (χ0v) is 10.9. The topological polar surface area (TPSA) is 57.6 Å². The fourth-order valence-corrected chi connectivity index (χ4v) is 3.22. The van der Waals surface area contributed by atoms with Gasteiger partial charge < -0.3 is 10.0 Å². The van der Waals surface area contributed by atoms with Crippen molar-refractivity contribution in [2.24, 2.45) is 5.92 Å². The van der Waals surface area contributed by atoms with Crippen LogP contribution in [0, 0.1) is 5.92 Å². The molecular formula is C14H23NO3. The standard InChI is InChI=1S/C14H23NO3/c16-13(11-7-4-2-1-3-5-8-11)15-10-6-9-12(15)14(17)18/h11-12H,1-10H2,(H,17,18)/t12-/m0/s1. The van der Waals surface area contributed by atoms with Gasteiger partial charge in [-0.2, -0.15) is 0 Å². The lowest BCUT2D eigenvalue weighted by Crippen LogP contribution is -2.43. The summed E-state index contributed by atoms with van der Waals surface area (Å²) in [5.41, 5.74) is 0. The highest BCUT2D eigenvalue weighted by molar-refractivity contribution is 5.85. The minimum Gasteiger partial charge on any atom is -0.480 e. The van der Waals surface area contributed by atoms with Crippen LogP contribution in [0.25, 0.3) is 0 Å². The number of carboxylic acids is 1. The van der Waals surface area contributed by atoms with Gasteiger partial charge in [0.25, 0.3) is 0 Å². The quantitative estimate of drug-likeness (QED) is 0.822. The number of aliphatic carboxylic acids is 1. The van der Waals surface area contributed by atoms with Crippen LogP contribution in [0.5, 0.6) is 0 Å². The van der Waals surface area contributed by atoms with Crippen molar-refractivity contribution in [2.45, 2.75) is 63.8 Å². The molecule has 1 saturated heterocycles. The van der Waals surface area contributed by atoms with Crippen molar-refractivity contribution < 1.29 is 14.7 Å². The van der Waals surface area contributed by atoms with Crippen LogP contribution in [0.1, 0.15) is 57.8 Å². The maximum Gasteiger partial charge on any atom is 0.326 e. The lowest BCUT2D eigenvalue weighted by atomic mass is 9.90. The number of carbonyl (C=O) groups excluding carboxylic acids is 1. The molecule has 1 heterocycles. The van der Waals surface area contributed by atoms with Crippen molar-refractivity contribution in [1.82, 2.24) is 4.90 Å². The van der Waals surface area contributed by atoms with Gasteiger partial charge in [-0.3, -0.25) is 4.79 Å². The van der Waals surface area contributed by atoms with Crippen molar-refractivity contribution in [3.05, 3.63) is 0 Å². The molecule has 18 heavy (non-hydrogen) atoms. The normalized spacial score (nSPS) is 26.7. The Morgan fingerprint density at radius 3 is 2.11 bits per heavy atom. The number of rotatable bonds is 2. The first-order valence-electron chi connectivity index (χ1n) is 7.23. The third-order valence-corrected chi connectivity index (χ3v) is 4.28. The van der Waals surface area contributed by atoms with E-state index in [2.05, 4.69) is 0 Å². The molecule has 0 radical (unpaired) electrons. The summed E-state index contributed by atoms with van der Waals surface area (Å²) in [7, 11) is 0. The van der Waals surface area contributed by atoms with Crippen molar-refractivity contribution in [1.29, 1.82) is 0 Å². The second kappa shape index (κ2) is 6.21. The molecule has 4 nitrogen and oxygen atoms in total. The molecule has 1 atom stereocenters. The minimum absolute atomic E-state index is 0.0743. The molecule has 102 valence electrons. The molecule has 2 rings (SSSR count). The molecule has 1 amide bonds. The summed E-state index contributed by atoms with van der Waals surface area (Å²) < 4.78 is 0. The highest BCUT2D eigenvalue weighted by Crippen LogP contribution is 2.27. The first kappa shape index (κ1) is 13.4. The third kappa shape index (κ3) is 3.03. The SMILES string of the molecule is O=C(O)[C@@H]1CCCN1C(=O)C1CCCCCCC1. The maximum absolute atomic E-state index is 12.4. The molecule has 0 unspecified atom stereocenters. The molecule has 0 aromatic carbocycles. The summed E-state index contributed by atoms with van der Waals surface area (Å²) in [5.74, 6) is -0.668. The zero-order chi connectivity index (χ0) is 13.0. The van der Waals surface area contributed by atoms with E-state index in [4.69, 9.17) is 5.11 Å². The fourth-order valence-electron chi connectivity index (χ4n) is 3.22. The zero-order valence-electron chi connectivity index (χ0n) is 10.9. The number of hydrogen-bond acceptors (Lipinski definition) is 2. The molecule has 2 aliphatic rings. The van der Waals surface area contributed by atoms with Crippen LogP contribution >= 0.6 is 0 Å². The Morgan fingerprint density at radius 2 is 1.50 bits per heavy atom. The predicted molar refractivity (Wildman–Crippen MR) is 68.2 cm³/mol. The second-order valence-electron chi connectivity index (χ2n) is 5.57. The van der Waals surface area contributed by atoms with Gasteiger partial charge in [-0.15, -0.1) is 0 Å². The molecule has 1 N–H and O–H groups in total. The molecule has 0 bridgehead atoms. The number of amides is 1. The molecule has 0 aromatic heterocycles. The van der Waals surface area contributed by atoms with E-state index in [0.717, 1.165) is 32.1 Å². The Kier molecular flexibility index (Phi) is 4.61. The van der Waals surface area contributed by atoms with Gasteiger partial charge in [-0.25, -0.2) is 4.79 Å². The first-order chi connectivity index (χ1) is 8.70. The minimum atomic E-state index is -0.841. The highest BCUT2D eigenvalue weighted by atomic mass is 16.4. The largest absolute Gasteiger partial charge is 0.480 e. The van der Waals surface area contributed by atoms with E-state index in [1.165, 1.54) is 19.3 Å². The second-order valence-corrected chi connectivity index (χ2v) is 5.57. The number of nitrogens with zero attached hydrogens (tertiary/aromatic N) is 1. The van der Waals surface area contributed by atoms with E-state index in [9.17, 15) is 9.59 Å². The van der Waals surface area contributed by atoms with Gasteiger partial charge in [-0.05, 0) is 25.7 Å². The Hall–Kier alpha value is -1.06. The van der Waals surface area contributed by atoms with Gasteiger partial charge in [0.1, 0.15) is 6.04 Å². The molecule has 1 saturated carbocycles. The summed E-state index contributed by atoms with van der Waals surface area (Å²) in [6.07, 6.45) is 9.27. The van der Waals surface area contributed by atoms with Crippen LogP contribution in [0.2, 0.25) is 0 Å². The van der Waals surface area contributed by atoms with E-state index >= 15 is 0 Å². The first-order valence-corrected chi connectivity index (χ1v) is 7.23. The third-order valence-electron chi connectivity index (χ3n) is 4.28. The van der Waals surface area contributed by atoms with E-state index in [0.29, 0.717) is 13.0 Å². The van der Waals surface area contributed by atoms with Gasteiger partial charge in [0.15, 0.2) is 0 Å². The van der Waals surface area contributed by atoms with E-state index in [1.54, 1.807) is 4.90 Å². The molecular weight excluding hydrogens is 230 g/mol. The van der Waals surface area contributed by atoms with Gasteiger partial charge in [0.2, 0.25) is 5.91 Å². The molecule has 1 aliphatic heterocycles. The van der Waals surface area contributed by atoms with Gasteiger partial charge in [0, 0.05) is 12.5 Å². The molecule has 0 spiro atoms. The van der Waals surface area contributed by atoms with Gasteiger partial charge in [-0.1, -0.05) is 32.1 Å². The summed E-state index contributed by atoms with van der Waals surface area (Å²) in [6, 6.07) is -0.567. The predicted octanol–water partition coefficient (Wildman–Crippen LogP) is 2.42. The summed E-state index contributed by atoms with van der Waals surface area (Å²) in [4.78, 5) is 25.2. The summed E-state index contributed by atoms with van der Waals surface area (Å²) in [6.45, 7) is 0.631. The van der Waals surface area contributed by atoms with E-state index < -0.39 is 12.0 Å². The number of likely N-dealkylation sites (tertiary alicyclic amines) is 1. The van der Waals surface area contributed by atoms with Crippen molar-refractivity contribution in [2.75, 3.05) is 6.54 Å². The fraction of sp³-hybridized carbons (Fsp3) is 0.857. The molecule has 4 heteroatoms. The van der Waals surface area contributed by atoms with Gasteiger partial charge in [0.05, 0.1) is 0 Å². The van der Waals surface area contributed by atoms with Crippen molar-refractivity contribution >= 4 is 11.9 Å². The lowest BCUT2D eigenvalue weighted by molar-refractivity contribution is -0.150. The van der Waals surface area contributed by atoms with Crippen molar-refractivity contribution in [3.63, 3.8) is 0 Å². The van der Waals surface area contributed by atoms with Crippen LogP contribution in [-0.2, 0) is 9.59 Å². The Balaban J connectivity index is 1.98. The van der Waals surface area contributed by atoms with Crippen LogP contribution in [0.4, 0.5) is 0 Å². The number of carbonyl (C=O) groups is 2. The molecule has 1 aliphatic carbocycles. The molecule has 2 fully saturated rings. The Labute approximate surface area is 108 Å². The maximum atomic E-state index is 12.4. The Morgan fingerprint density at radius 1 is 0.889 bits per heavy atom. The Bertz CT molecular complexity index is 308. The van der Waals surface area contributed by atoms with Crippen LogP contribution < -0.4 is 0 Å². The highest BCUT2D eigenvalue weighted by Gasteiger charge is 2.36. The number of hydrogen-bond donors (Lipinski definition) is 1. The van der Waals surface area contributed by atoms with E-state index in [-0.39, 0.29) is 11.8 Å². The average molecular weight is 253 g/mol. The van der Waals surface area contributed by atoms with Crippen LogP contribution in [-0.4, -0.2) is 34.5 Å². The smallest absolute Gasteiger partial charge is 0.326 e. The van der Waals surface area contributed by atoms with E-state index in [1.807, 2.05) is 0 Å². The summed E-state index contributed by atoms with van der Waals surface area (Å²) in [5, 5.41) is 9.14. The van der Waals surface area contributed by atoms with Gasteiger partial charge >= 0.3 is 5.97 Å². The monoisotopic (exact) mass is 253 g/mol. The van der Waals surface area contributed by atoms with Crippen LogP contribution in [0.3, 0.4) is 0 Å². The summed E-state index contributed by atoms with van der Waals surface area (Å²) >= 11 is 0. The van der Waals surface area contributed by atoms with Crippen molar-refractivity contribution in [3.8, 4) is 0 Å². The average Bonchev–Trinajstić information content (AvgIpc) is 2.76.